The number of hydrogen-bond acceptors (Lipinski definition) is 5. The summed E-state index contributed by atoms with van der Waals surface area (Å²) in [6.45, 7) is 1.64. The highest BCUT2D eigenvalue weighted by atomic mass is 16.3. The molecule has 0 radical (unpaired) electrons. The van der Waals surface area contributed by atoms with Crippen molar-refractivity contribution in [3.05, 3.63) is 40.9 Å². The SMILES string of the molecule is C[C@H](CCO)NC(=O)Cn1cnc2c(oc3ccccc32)c1=O. The number of aromatic nitrogens is 2. The minimum Gasteiger partial charge on any atom is -0.448 e. The predicted molar refractivity (Wildman–Crippen MR) is 85.1 cm³/mol. The third kappa shape index (κ3) is 2.95. The highest BCUT2D eigenvalue weighted by Gasteiger charge is 2.15. The van der Waals surface area contributed by atoms with Gasteiger partial charge in [0.15, 0.2) is 0 Å². The molecule has 2 aromatic heterocycles. The van der Waals surface area contributed by atoms with Crippen molar-refractivity contribution in [3.63, 3.8) is 0 Å². The van der Waals surface area contributed by atoms with Crippen LogP contribution in [-0.4, -0.2) is 33.2 Å². The van der Waals surface area contributed by atoms with E-state index in [0.29, 0.717) is 17.5 Å². The van der Waals surface area contributed by atoms with Crippen molar-refractivity contribution in [2.45, 2.75) is 25.9 Å². The molecule has 7 nitrogen and oxygen atoms in total. The van der Waals surface area contributed by atoms with Gasteiger partial charge in [-0.25, -0.2) is 4.98 Å². The van der Waals surface area contributed by atoms with Crippen molar-refractivity contribution in [2.24, 2.45) is 0 Å². The average molecular weight is 315 g/mol. The summed E-state index contributed by atoms with van der Waals surface area (Å²) in [7, 11) is 0. The van der Waals surface area contributed by atoms with Gasteiger partial charge in [0.2, 0.25) is 11.5 Å². The lowest BCUT2D eigenvalue weighted by molar-refractivity contribution is -0.122. The number of hydrogen-bond donors (Lipinski definition) is 2. The second kappa shape index (κ2) is 6.21. The van der Waals surface area contributed by atoms with Crippen molar-refractivity contribution in [3.8, 4) is 0 Å². The topological polar surface area (TPSA) is 97.4 Å². The number of para-hydroxylation sites is 1. The highest BCUT2D eigenvalue weighted by molar-refractivity contribution is 6.01. The second-order valence-electron chi connectivity index (χ2n) is 5.43. The Balaban J connectivity index is 1.90. The van der Waals surface area contributed by atoms with Gasteiger partial charge >= 0.3 is 0 Å². The molecular weight excluding hydrogens is 298 g/mol. The van der Waals surface area contributed by atoms with Gasteiger partial charge in [-0.1, -0.05) is 12.1 Å². The third-order valence-corrected chi connectivity index (χ3v) is 3.63. The van der Waals surface area contributed by atoms with Gasteiger partial charge in [-0.3, -0.25) is 14.2 Å². The Hall–Kier alpha value is -2.67. The minimum atomic E-state index is -0.392. The highest BCUT2D eigenvalue weighted by Crippen LogP contribution is 2.23. The molecule has 0 saturated carbocycles. The Morgan fingerprint density at radius 3 is 3.00 bits per heavy atom. The summed E-state index contributed by atoms with van der Waals surface area (Å²) in [5.74, 6) is -0.315. The van der Waals surface area contributed by atoms with Crippen LogP contribution in [0, 0.1) is 0 Å². The number of carbonyl (C=O) groups is 1. The number of benzene rings is 1. The Labute approximate surface area is 131 Å². The van der Waals surface area contributed by atoms with E-state index in [2.05, 4.69) is 10.3 Å². The molecule has 1 aromatic carbocycles. The third-order valence-electron chi connectivity index (χ3n) is 3.63. The van der Waals surface area contributed by atoms with Crippen LogP contribution in [-0.2, 0) is 11.3 Å². The Morgan fingerprint density at radius 2 is 2.22 bits per heavy atom. The first-order valence-corrected chi connectivity index (χ1v) is 7.37. The lowest BCUT2D eigenvalue weighted by atomic mass is 10.2. The zero-order valence-electron chi connectivity index (χ0n) is 12.7. The van der Waals surface area contributed by atoms with E-state index >= 15 is 0 Å². The molecule has 0 spiro atoms. The molecule has 0 bridgehead atoms. The molecular formula is C16H17N3O4. The lowest BCUT2D eigenvalue weighted by Crippen LogP contribution is -2.37. The molecule has 0 aliphatic carbocycles. The Morgan fingerprint density at radius 1 is 1.43 bits per heavy atom. The summed E-state index contributed by atoms with van der Waals surface area (Å²) < 4.78 is 6.78. The molecule has 3 aromatic rings. The molecule has 120 valence electrons. The molecule has 23 heavy (non-hydrogen) atoms. The number of nitrogens with zero attached hydrogens (tertiary/aromatic N) is 2. The molecule has 1 atom stereocenters. The largest absolute Gasteiger partial charge is 0.448 e. The van der Waals surface area contributed by atoms with Crippen molar-refractivity contribution in [1.82, 2.24) is 14.9 Å². The summed E-state index contributed by atoms with van der Waals surface area (Å²) in [5.41, 5.74) is 0.836. The maximum Gasteiger partial charge on any atom is 0.297 e. The van der Waals surface area contributed by atoms with E-state index in [-0.39, 0.29) is 30.7 Å². The van der Waals surface area contributed by atoms with Gasteiger partial charge in [-0.15, -0.1) is 0 Å². The monoisotopic (exact) mass is 315 g/mol. The van der Waals surface area contributed by atoms with Crippen LogP contribution in [0.1, 0.15) is 13.3 Å². The minimum absolute atomic E-state index is 0.00606. The zero-order valence-corrected chi connectivity index (χ0v) is 12.7. The molecule has 2 heterocycles. The Kier molecular flexibility index (Phi) is 4.12. The molecule has 0 fully saturated rings. The fraction of sp³-hybridized carbons (Fsp3) is 0.312. The molecule has 3 rings (SSSR count). The summed E-state index contributed by atoms with van der Waals surface area (Å²) in [6.07, 6.45) is 1.81. The molecule has 0 saturated heterocycles. The van der Waals surface area contributed by atoms with E-state index in [0.717, 1.165) is 5.39 Å². The van der Waals surface area contributed by atoms with Crippen LogP contribution < -0.4 is 10.9 Å². The van der Waals surface area contributed by atoms with Gasteiger partial charge in [0.05, 0.1) is 6.33 Å². The van der Waals surface area contributed by atoms with Crippen LogP contribution in [0.15, 0.2) is 39.8 Å². The number of nitrogens with one attached hydrogen (secondary N) is 1. The molecule has 7 heteroatoms. The van der Waals surface area contributed by atoms with E-state index in [1.165, 1.54) is 10.9 Å². The summed E-state index contributed by atoms with van der Waals surface area (Å²) in [6, 6.07) is 7.11. The first kappa shape index (κ1) is 15.2. The van der Waals surface area contributed by atoms with Gasteiger partial charge in [-0.2, -0.15) is 0 Å². The van der Waals surface area contributed by atoms with Crippen molar-refractivity contribution < 1.29 is 14.3 Å². The number of fused-ring (bicyclic) bond motifs is 3. The second-order valence-corrected chi connectivity index (χ2v) is 5.43. The summed E-state index contributed by atoms with van der Waals surface area (Å²) >= 11 is 0. The van der Waals surface area contributed by atoms with Crippen LogP contribution in [0.3, 0.4) is 0 Å². The van der Waals surface area contributed by atoms with Gasteiger partial charge in [0.1, 0.15) is 17.6 Å². The molecule has 0 aliphatic rings. The fourth-order valence-corrected chi connectivity index (χ4v) is 2.47. The van der Waals surface area contributed by atoms with Crippen LogP contribution in [0.4, 0.5) is 0 Å². The molecule has 0 aliphatic heterocycles. The van der Waals surface area contributed by atoms with Crippen LogP contribution in [0.5, 0.6) is 0 Å². The van der Waals surface area contributed by atoms with Crippen LogP contribution >= 0.6 is 0 Å². The Bertz CT molecular complexity index is 912. The number of carbonyl (C=O) groups excluding carboxylic acids is 1. The van der Waals surface area contributed by atoms with E-state index in [9.17, 15) is 9.59 Å². The first-order valence-electron chi connectivity index (χ1n) is 7.37. The maximum atomic E-state index is 12.5. The number of amides is 1. The van der Waals surface area contributed by atoms with Crippen molar-refractivity contribution >= 4 is 28.0 Å². The summed E-state index contributed by atoms with van der Waals surface area (Å²) in [5, 5.41) is 12.3. The molecule has 2 N–H and O–H groups in total. The molecule has 0 unspecified atom stereocenters. The van der Waals surface area contributed by atoms with E-state index in [1.807, 2.05) is 18.2 Å². The normalized spacial score (nSPS) is 12.6. The quantitative estimate of drug-likeness (QED) is 0.733. The smallest absolute Gasteiger partial charge is 0.297 e. The van der Waals surface area contributed by atoms with Crippen LogP contribution in [0.25, 0.3) is 22.1 Å². The van der Waals surface area contributed by atoms with Gasteiger partial charge < -0.3 is 14.8 Å². The summed E-state index contributed by atoms with van der Waals surface area (Å²) in [4.78, 5) is 28.6. The number of rotatable bonds is 5. The lowest BCUT2D eigenvalue weighted by Gasteiger charge is -2.12. The average Bonchev–Trinajstić information content (AvgIpc) is 2.90. The first-order chi connectivity index (χ1) is 11.1. The van der Waals surface area contributed by atoms with Gasteiger partial charge in [0, 0.05) is 18.0 Å². The molecule has 1 amide bonds. The van der Waals surface area contributed by atoms with Crippen molar-refractivity contribution in [1.29, 1.82) is 0 Å². The fourth-order valence-electron chi connectivity index (χ4n) is 2.47. The van der Waals surface area contributed by atoms with E-state index in [1.54, 1.807) is 13.0 Å². The zero-order chi connectivity index (χ0) is 16.4. The van der Waals surface area contributed by atoms with E-state index < -0.39 is 5.56 Å². The standard InChI is InChI=1S/C16H17N3O4/c1-10(6-7-20)18-13(21)8-19-9-17-14-11-4-2-3-5-12(11)23-15(14)16(19)22/h2-5,9-10,20H,6-8H2,1H3,(H,18,21)/t10-/m1/s1. The van der Waals surface area contributed by atoms with Crippen molar-refractivity contribution in [2.75, 3.05) is 6.61 Å². The predicted octanol–water partition coefficient (Wildman–Crippen LogP) is 1.03. The number of furan rings is 1. The van der Waals surface area contributed by atoms with Gasteiger partial charge in [0.25, 0.3) is 5.56 Å². The van der Waals surface area contributed by atoms with E-state index in [4.69, 9.17) is 9.52 Å². The number of aliphatic hydroxyl groups is 1. The maximum absolute atomic E-state index is 12.5. The van der Waals surface area contributed by atoms with Crippen LogP contribution in [0.2, 0.25) is 0 Å². The van der Waals surface area contributed by atoms with Gasteiger partial charge in [-0.05, 0) is 25.5 Å². The number of aliphatic hydroxyl groups excluding tert-OH is 1.